The number of likely N-dealkylation sites (N-methyl/N-ethyl adjacent to an activating group) is 1. The van der Waals surface area contributed by atoms with Gasteiger partial charge in [-0.05, 0) is 44.7 Å². The van der Waals surface area contributed by atoms with Crippen molar-refractivity contribution in [3.63, 3.8) is 0 Å². The molecule has 0 amide bonds. The third kappa shape index (κ3) is 4.94. The summed E-state index contributed by atoms with van der Waals surface area (Å²) in [6, 6.07) is 0.767. The Morgan fingerprint density at radius 3 is 2.52 bits per heavy atom. The highest BCUT2D eigenvalue weighted by Gasteiger charge is 2.35. The first-order valence-corrected chi connectivity index (χ1v) is 9.32. The topological polar surface area (TPSA) is 18.5 Å². The maximum absolute atomic E-state index is 3.73. The molecule has 1 aliphatic heterocycles. The number of nitrogens with one attached hydrogen (secondary N) is 1. The Morgan fingerprint density at radius 2 is 1.86 bits per heavy atom. The molecule has 1 N–H and O–H groups in total. The van der Waals surface area contributed by atoms with Crippen molar-refractivity contribution < 1.29 is 0 Å². The van der Waals surface area contributed by atoms with Gasteiger partial charge in [-0.1, -0.05) is 33.1 Å². The van der Waals surface area contributed by atoms with E-state index in [0.29, 0.717) is 5.41 Å². The summed E-state index contributed by atoms with van der Waals surface area (Å²) in [7, 11) is 2.30. The zero-order chi connectivity index (χ0) is 15.1. The summed E-state index contributed by atoms with van der Waals surface area (Å²) in [5.41, 5.74) is 0.557. The van der Waals surface area contributed by atoms with E-state index in [1.54, 1.807) is 0 Å². The molecular formula is C18H37N3. The van der Waals surface area contributed by atoms with Crippen molar-refractivity contribution in [1.29, 1.82) is 0 Å². The van der Waals surface area contributed by atoms with Crippen LogP contribution in [-0.2, 0) is 0 Å². The Balaban J connectivity index is 1.91. The Bertz CT molecular complexity index is 286. The first kappa shape index (κ1) is 17.2. The molecule has 21 heavy (non-hydrogen) atoms. The summed E-state index contributed by atoms with van der Waals surface area (Å²) in [5.74, 6) is 0. The number of rotatable bonds is 7. The summed E-state index contributed by atoms with van der Waals surface area (Å²) in [6.07, 6.45) is 9.75. The molecule has 3 heteroatoms. The van der Waals surface area contributed by atoms with E-state index in [9.17, 15) is 0 Å². The highest BCUT2D eigenvalue weighted by Crippen LogP contribution is 2.37. The van der Waals surface area contributed by atoms with Crippen molar-refractivity contribution in [3.05, 3.63) is 0 Å². The van der Waals surface area contributed by atoms with Crippen molar-refractivity contribution in [3.8, 4) is 0 Å². The first-order chi connectivity index (χ1) is 10.2. The molecule has 0 aromatic carbocycles. The van der Waals surface area contributed by atoms with E-state index < -0.39 is 0 Å². The average Bonchev–Trinajstić information content (AvgIpc) is 2.50. The minimum absolute atomic E-state index is 0.557. The predicted molar refractivity (Wildman–Crippen MR) is 91.8 cm³/mol. The van der Waals surface area contributed by atoms with Crippen molar-refractivity contribution in [2.45, 2.75) is 64.8 Å². The molecule has 0 spiro atoms. The molecule has 1 unspecified atom stereocenters. The van der Waals surface area contributed by atoms with Gasteiger partial charge in [0.05, 0.1) is 0 Å². The average molecular weight is 296 g/mol. The molecule has 0 radical (unpaired) electrons. The third-order valence-electron chi connectivity index (χ3n) is 5.73. The van der Waals surface area contributed by atoms with Crippen LogP contribution in [0, 0.1) is 5.41 Å². The van der Waals surface area contributed by atoms with Crippen LogP contribution in [0.15, 0.2) is 0 Å². The fourth-order valence-corrected chi connectivity index (χ4v) is 4.29. The molecule has 0 aromatic rings. The molecule has 1 atom stereocenters. The van der Waals surface area contributed by atoms with E-state index in [4.69, 9.17) is 0 Å². The lowest BCUT2D eigenvalue weighted by Crippen LogP contribution is -2.55. The summed E-state index contributed by atoms with van der Waals surface area (Å²) in [6.45, 7) is 12.2. The third-order valence-corrected chi connectivity index (χ3v) is 5.73. The minimum atomic E-state index is 0.557. The molecule has 1 heterocycles. The van der Waals surface area contributed by atoms with Crippen LogP contribution >= 0.6 is 0 Å². The van der Waals surface area contributed by atoms with E-state index in [0.717, 1.165) is 6.04 Å². The van der Waals surface area contributed by atoms with E-state index in [1.807, 2.05) is 0 Å². The van der Waals surface area contributed by atoms with E-state index in [1.165, 1.54) is 84.2 Å². The molecule has 2 fully saturated rings. The number of hydrogen-bond donors (Lipinski definition) is 1. The van der Waals surface area contributed by atoms with E-state index in [2.05, 4.69) is 36.0 Å². The van der Waals surface area contributed by atoms with E-state index in [-0.39, 0.29) is 0 Å². The molecule has 1 saturated heterocycles. The SMILES string of the molecule is CCCNCC1(CN2CCN(C)C(CC)C2)CCCCC1. The maximum atomic E-state index is 3.73. The lowest BCUT2D eigenvalue weighted by atomic mass is 9.73. The van der Waals surface area contributed by atoms with Crippen molar-refractivity contribution in [2.24, 2.45) is 5.41 Å². The molecular weight excluding hydrogens is 258 g/mol. The van der Waals surface area contributed by atoms with Gasteiger partial charge < -0.3 is 10.2 Å². The summed E-state index contributed by atoms with van der Waals surface area (Å²) in [4.78, 5) is 5.33. The summed E-state index contributed by atoms with van der Waals surface area (Å²) >= 11 is 0. The molecule has 2 aliphatic rings. The largest absolute Gasteiger partial charge is 0.316 e. The van der Waals surface area contributed by atoms with Crippen LogP contribution in [0.5, 0.6) is 0 Å². The maximum Gasteiger partial charge on any atom is 0.0218 e. The van der Waals surface area contributed by atoms with Gasteiger partial charge in [-0.25, -0.2) is 0 Å². The van der Waals surface area contributed by atoms with Gasteiger partial charge in [0, 0.05) is 38.8 Å². The fourth-order valence-electron chi connectivity index (χ4n) is 4.29. The Kier molecular flexibility index (Phi) is 6.97. The van der Waals surface area contributed by atoms with Crippen LogP contribution in [0.3, 0.4) is 0 Å². The van der Waals surface area contributed by atoms with Gasteiger partial charge in [-0.2, -0.15) is 0 Å². The molecule has 124 valence electrons. The lowest BCUT2D eigenvalue weighted by Gasteiger charge is -2.46. The fraction of sp³-hybridized carbons (Fsp3) is 1.00. The smallest absolute Gasteiger partial charge is 0.0218 e. The Morgan fingerprint density at radius 1 is 1.10 bits per heavy atom. The monoisotopic (exact) mass is 295 g/mol. The number of nitrogens with zero attached hydrogens (tertiary/aromatic N) is 2. The predicted octanol–water partition coefficient (Wildman–Crippen LogP) is 2.96. The minimum Gasteiger partial charge on any atom is -0.316 e. The van der Waals surface area contributed by atoms with Gasteiger partial charge in [-0.15, -0.1) is 0 Å². The van der Waals surface area contributed by atoms with Crippen LogP contribution in [-0.4, -0.2) is 62.2 Å². The molecule has 3 nitrogen and oxygen atoms in total. The number of hydrogen-bond acceptors (Lipinski definition) is 3. The van der Waals surface area contributed by atoms with Gasteiger partial charge in [0.1, 0.15) is 0 Å². The zero-order valence-corrected chi connectivity index (χ0v) is 14.7. The number of piperazine rings is 1. The molecule has 2 rings (SSSR count). The Hall–Kier alpha value is -0.120. The second-order valence-electron chi connectivity index (χ2n) is 7.52. The van der Waals surface area contributed by atoms with E-state index >= 15 is 0 Å². The Labute approximate surface area is 132 Å². The van der Waals surface area contributed by atoms with Crippen molar-refractivity contribution in [1.82, 2.24) is 15.1 Å². The lowest BCUT2D eigenvalue weighted by molar-refractivity contribution is 0.0407. The van der Waals surface area contributed by atoms with Gasteiger partial charge in [0.15, 0.2) is 0 Å². The van der Waals surface area contributed by atoms with Crippen LogP contribution in [0.25, 0.3) is 0 Å². The first-order valence-electron chi connectivity index (χ1n) is 9.32. The van der Waals surface area contributed by atoms with Crippen LogP contribution in [0.4, 0.5) is 0 Å². The van der Waals surface area contributed by atoms with Crippen LogP contribution in [0.2, 0.25) is 0 Å². The summed E-state index contributed by atoms with van der Waals surface area (Å²) in [5, 5.41) is 3.73. The standard InChI is InChI=1S/C18H37N3/c1-4-11-19-15-18(9-7-6-8-10-18)16-21-13-12-20(3)17(5-2)14-21/h17,19H,4-16H2,1-3H3. The van der Waals surface area contributed by atoms with Gasteiger partial charge in [0.25, 0.3) is 0 Å². The normalized spacial score (nSPS) is 27.9. The van der Waals surface area contributed by atoms with Gasteiger partial charge in [0.2, 0.25) is 0 Å². The highest BCUT2D eigenvalue weighted by atomic mass is 15.3. The molecule has 0 aromatic heterocycles. The van der Waals surface area contributed by atoms with Crippen LogP contribution < -0.4 is 5.32 Å². The molecule has 0 bridgehead atoms. The molecule has 1 aliphatic carbocycles. The van der Waals surface area contributed by atoms with Gasteiger partial charge in [-0.3, -0.25) is 4.90 Å². The highest BCUT2D eigenvalue weighted by molar-refractivity contribution is 4.90. The molecule has 1 saturated carbocycles. The quantitative estimate of drug-likeness (QED) is 0.729. The van der Waals surface area contributed by atoms with Gasteiger partial charge >= 0.3 is 0 Å². The summed E-state index contributed by atoms with van der Waals surface area (Å²) < 4.78 is 0. The second kappa shape index (κ2) is 8.50. The van der Waals surface area contributed by atoms with Crippen molar-refractivity contribution in [2.75, 3.05) is 46.3 Å². The van der Waals surface area contributed by atoms with Crippen molar-refractivity contribution >= 4 is 0 Å². The van der Waals surface area contributed by atoms with Crippen LogP contribution in [0.1, 0.15) is 58.8 Å². The second-order valence-corrected chi connectivity index (χ2v) is 7.52. The zero-order valence-electron chi connectivity index (χ0n) is 14.7.